The lowest BCUT2D eigenvalue weighted by atomic mass is 9.92. The van der Waals surface area contributed by atoms with Crippen molar-refractivity contribution < 1.29 is 14.7 Å². The van der Waals surface area contributed by atoms with E-state index in [0.717, 1.165) is 12.8 Å². The summed E-state index contributed by atoms with van der Waals surface area (Å²) in [5, 5.41) is 8.92. The Bertz CT molecular complexity index is 631. The highest BCUT2D eigenvalue weighted by Crippen LogP contribution is 2.60. The predicted molar refractivity (Wildman–Crippen MR) is 77.5 cm³/mol. The number of carboxylic acids is 1. The number of fused-ring (bicyclic) bond motifs is 3. The fourth-order valence-corrected chi connectivity index (χ4v) is 3.60. The molecule has 0 aliphatic heterocycles. The molecule has 0 radical (unpaired) electrons. The lowest BCUT2D eigenvalue weighted by molar-refractivity contribution is -0.144. The van der Waals surface area contributed by atoms with E-state index in [-0.39, 0.29) is 30.8 Å². The van der Waals surface area contributed by atoms with Crippen LogP contribution < -0.4 is 0 Å². The van der Waals surface area contributed by atoms with E-state index in [1.54, 1.807) is 0 Å². The van der Waals surface area contributed by atoms with Gasteiger partial charge in [0.05, 0.1) is 6.54 Å². The molecule has 0 aromatic heterocycles. The summed E-state index contributed by atoms with van der Waals surface area (Å²) in [5.74, 6) is 1.74. The number of hydrogen-bond acceptors (Lipinski definition) is 2. The Balaban J connectivity index is 1.79. The van der Waals surface area contributed by atoms with Gasteiger partial charge >= 0.3 is 5.97 Å². The average Bonchev–Trinajstić information content (AvgIpc) is 3.20. The Morgan fingerprint density at radius 3 is 2.86 bits per heavy atom. The average molecular weight is 283 g/mol. The molecule has 1 amide bonds. The molecule has 0 bridgehead atoms. The topological polar surface area (TPSA) is 57.6 Å². The molecule has 1 saturated carbocycles. The van der Waals surface area contributed by atoms with E-state index >= 15 is 0 Å². The third-order valence-corrected chi connectivity index (χ3v) is 4.53. The van der Waals surface area contributed by atoms with Crippen molar-refractivity contribution in [3.8, 4) is 12.3 Å². The molecule has 3 unspecified atom stereocenters. The van der Waals surface area contributed by atoms with Crippen molar-refractivity contribution in [2.75, 3.05) is 13.1 Å². The highest BCUT2D eigenvalue weighted by Gasteiger charge is 2.57. The van der Waals surface area contributed by atoms with Crippen molar-refractivity contribution in [3.63, 3.8) is 0 Å². The van der Waals surface area contributed by atoms with Gasteiger partial charge in [0.2, 0.25) is 5.91 Å². The molecular formula is C17H17NO3. The molecule has 3 atom stereocenters. The normalized spacial score (nSPS) is 25.2. The number of carbonyl (C=O) groups excluding carboxylic acids is 1. The lowest BCUT2D eigenvalue weighted by Gasteiger charge is -2.18. The molecule has 0 spiro atoms. The molecule has 2 aliphatic carbocycles. The molecule has 4 nitrogen and oxygen atoms in total. The van der Waals surface area contributed by atoms with Crippen LogP contribution in [0.4, 0.5) is 0 Å². The van der Waals surface area contributed by atoms with E-state index < -0.39 is 5.97 Å². The second-order valence-corrected chi connectivity index (χ2v) is 5.75. The summed E-state index contributed by atoms with van der Waals surface area (Å²) in [6.45, 7) is -0.261. The first-order valence-electron chi connectivity index (χ1n) is 7.15. The minimum Gasteiger partial charge on any atom is -0.480 e. The van der Waals surface area contributed by atoms with E-state index in [2.05, 4.69) is 18.1 Å². The molecule has 108 valence electrons. The van der Waals surface area contributed by atoms with Gasteiger partial charge in [0.1, 0.15) is 6.54 Å². The van der Waals surface area contributed by atoms with E-state index in [9.17, 15) is 9.59 Å². The van der Waals surface area contributed by atoms with Crippen LogP contribution in [0, 0.1) is 24.2 Å². The minimum absolute atomic E-state index is 0.0583. The summed E-state index contributed by atoms with van der Waals surface area (Å²) in [5.41, 5.74) is 2.57. The summed E-state index contributed by atoms with van der Waals surface area (Å²) in [7, 11) is 0. The standard InChI is InChI=1S/C17H17NO3/c1-2-9-18(10-14(19)20)17(21)16-13-8-7-11-5-3-4-6-12(11)15(13)16/h1,3-6,13,15-16H,7-10H2,(H,19,20). The van der Waals surface area contributed by atoms with Crippen molar-refractivity contribution >= 4 is 11.9 Å². The molecule has 2 aliphatic rings. The number of carboxylic acid groups (broad SMARTS) is 1. The maximum atomic E-state index is 12.6. The van der Waals surface area contributed by atoms with Gasteiger partial charge in [-0.1, -0.05) is 30.2 Å². The first kappa shape index (κ1) is 13.7. The fraction of sp³-hybridized carbons (Fsp3) is 0.412. The Morgan fingerprint density at radius 2 is 2.14 bits per heavy atom. The zero-order chi connectivity index (χ0) is 15.0. The van der Waals surface area contributed by atoms with Gasteiger partial charge in [-0.25, -0.2) is 0 Å². The number of aliphatic carboxylic acids is 1. The Morgan fingerprint density at radius 1 is 1.38 bits per heavy atom. The third-order valence-electron chi connectivity index (χ3n) is 4.53. The second kappa shape index (κ2) is 5.25. The Hall–Kier alpha value is -2.28. The van der Waals surface area contributed by atoms with Crippen LogP contribution in [0.5, 0.6) is 0 Å². The zero-order valence-corrected chi connectivity index (χ0v) is 11.7. The Kier molecular flexibility index (Phi) is 3.42. The second-order valence-electron chi connectivity index (χ2n) is 5.75. The van der Waals surface area contributed by atoms with E-state index in [1.165, 1.54) is 16.0 Å². The predicted octanol–water partition coefficient (Wildman–Crippen LogP) is 1.51. The number of carbonyl (C=O) groups is 2. The number of amides is 1. The molecule has 21 heavy (non-hydrogen) atoms. The van der Waals surface area contributed by atoms with Crippen molar-refractivity contribution in [2.45, 2.75) is 18.8 Å². The Labute approximate surface area is 123 Å². The molecule has 3 rings (SSSR count). The monoisotopic (exact) mass is 283 g/mol. The summed E-state index contributed by atoms with van der Waals surface area (Å²) >= 11 is 0. The van der Waals surface area contributed by atoms with Crippen molar-refractivity contribution in [3.05, 3.63) is 35.4 Å². The first-order valence-corrected chi connectivity index (χ1v) is 7.15. The summed E-state index contributed by atoms with van der Waals surface area (Å²) in [4.78, 5) is 24.7. The van der Waals surface area contributed by atoms with Gasteiger partial charge in [0.15, 0.2) is 0 Å². The van der Waals surface area contributed by atoms with Crippen LogP contribution in [0.1, 0.15) is 23.5 Å². The smallest absolute Gasteiger partial charge is 0.323 e. The van der Waals surface area contributed by atoms with E-state index in [4.69, 9.17) is 11.5 Å². The molecule has 0 heterocycles. The molecule has 1 N–H and O–H groups in total. The van der Waals surface area contributed by atoms with Crippen LogP contribution in [-0.2, 0) is 16.0 Å². The van der Waals surface area contributed by atoms with E-state index in [1.807, 2.05) is 12.1 Å². The highest BCUT2D eigenvalue weighted by atomic mass is 16.4. The largest absolute Gasteiger partial charge is 0.480 e. The van der Waals surface area contributed by atoms with E-state index in [0.29, 0.717) is 5.92 Å². The number of hydrogen-bond donors (Lipinski definition) is 1. The summed E-state index contributed by atoms with van der Waals surface area (Å²) < 4.78 is 0. The molecule has 1 aromatic rings. The number of aryl methyl sites for hydroxylation is 1. The quantitative estimate of drug-likeness (QED) is 0.852. The minimum atomic E-state index is -1.03. The van der Waals surface area contributed by atoms with Crippen molar-refractivity contribution in [1.29, 1.82) is 0 Å². The maximum Gasteiger partial charge on any atom is 0.323 e. The van der Waals surface area contributed by atoms with Gasteiger partial charge in [0.25, 0.3) is 0 Å². The van der Waals surface area contributed by atoms with Gasteiger partial charge in [-0.15, -0.1) is 6.42 Å². The summed E-state index contributed by atoms with van der Waals surface area (Å²) in [6, 6.07) is 8.22. The van der Waals surface area contributed by atoms with Gasteiger partial charge in [-0.2, -0.15) is 0 Å². The van der Waals surface area contributed by atoms with Gasteiger partial charge in [0, 0.05) is 5.92 Å². The van der Waals surface area contributed by atoms with Crippen molar-refractivity contribution in [1.82, 2.24) is 4.90 Å². The number of nitrogens with zero attached hydrogens (tertiary/aromatic N) is 1. The lowest BCUT2D eigenvalue weighted by Crippen LogP contribution is -2.37. The van der Waals surface area contributed by atoms with Crippen LogP contribution in [0.3, 0.4) is 0 Å². The van der Waals surface area contributed by atoms with Crippen LogP contribution in [0.15, 0.2) is 24.3 Å². The van der Waals surface area contributed by atoms with Gasteiger partial charge < -0.3 is 10.0 Å². The van der Waals surface area contributed by atoms with Gasteiger partial charge in [-0.05, 0) is 35.8 Å². The number of rotatable bonds is 4. The summed E-state index contributed by atoms with van der Waals surface area (Å²) in [6.07, 6.45) is 7.24. The van der Waals surface area contributed by atoms with Gasteiger partial charge in [-0.3, -0.25) is 9.59 Å². The molecule has 1 aromatic carbocycles. The number of terminal acetylenes is 1. The third kappa shape index (κ3) is 2.40. The first-order chi connectivity index (χ1) is 10.1. The maximum absolute atomic E-state index is 12.6. The van der Waals surface area contributed by atoms with Crippen LogP contribution >= 0.6 is 0 Å². The highest BCUT2D eigenvalue weighted by molar-refractivity contribution is 5.87. The van der Waals surface area contributed by atoms with Crippen LogP contribution in [0.25, 0.3) is 0 Å². The molecule has 0 saturated heterocycles. The number of benzene rings is 1. The SMILES string of the molecule is C#CCN(CC(=O)O)C(=O)C1C2CCc3ccccc3C21. The van der Waals surface area contributed by atoms with Crippen LogP contribution in [0.2, 0.25) is 0 Å². The zero-order valence-electron chi connectivity index (χ0n) is 11.7. The molecular weight excluding hydrogens is 266 g/mol. The molecule has 4 heteroatoms. The van der Waals surface area contributed by atoms with Crippen LogP contribution in [-0.4, -0.2) is 35.0 Å². The van der Waals surface area contributed by atoms with Crippen molar-refractivity contribution in [2.24, 2.45) is 11.8 Å². The molecule has 1 fully saturated rings. The fourth-order valence-electron chi connectivity index (χ4n) is 3.60.